The van der Waals surface area contributed by atoms with Crippen LogP contribution >= 0.6 is 11.6 Å². The van der Waals surface area contributed by atoms with Gasteiger partial charge in [0.1, 0.15) is 11.8 Å². The van der Waals surface area contributed by atoms with E-state index < -0.39 is 0 Å². The number of hydrogen-bond donors (Lipinski definition) is 0. The Morgan fingerprint density at radius 1 is 1.28 bits per heavy atom. The topological polar surface area (TPSA) is 38.9 Å². The molecule has 0 aliphatic rings. The van der Waals surface area contributed by atoms with E-state index in [2.05, 4.69) is 9.97 Å². The lowest BCUT2D eigenvalue weighted by molar-refractivity contribution is 0.616. The first-order chi connectivity index (χ1) is 8.79. The Kier molecular flexibility index (Phi) is 2.76. The molecule has 3 aromatic rings. The Bertz CT molecular complexity index is 706. The monoisotopic (exact) mass is 258 g/mol. The number of para-hydroxylation sites is 1. The summed E-state index contributed by atoms with van der Waals surface area (Å²) in [6, 6.07) is 7.85. The molecule has 0 atom stereocenters. The Morgan fingerprint density at radius 3 is 2.89 bits per heavy atom. The number of aromatic nitrogens is 2. The fraction of sp³-hybridized carbons (Fsp3) is 0.143. The van der Waals surface area contributed by atoms with E-state index in [1.807, 2.05) is 31.2 Å². The lowest BCUT2D eigenvalue weighted by Crippen LogP contribution is -1.95. The van der Waals surface area contributed by atoms with Crippen LogP contribution in [0.2, 0.25) is 0 Å². The van der Waals surface area contributed by atoms with Gasteiger partial charge in [-0.1, -0.05) is 18.2 Å². The average molecular weight is 259 g/mol. The molecular weight excluding hydrogens is 248 g/mol. The van der Waals surface area contributed by atoms with Gasteiger partial charge in [0.05, 0.1) is 11.4 Å². The van der Waals surface area contributed by atoms with Gasteiger partial charge in [-0.15, -0.1) is 11.6 Å². The molecule has 0 unspecified atom stereocenters. The van der Waals surface area contributed by atoms with Crippen molar-refractivity contribution in [2.75, 3.05) is 0 Å². The first kappa shape index (κ1) is 11.2. The van der Waals surface area contributed by atoms with Crippen molar-refractivity contribution in [3.63, 3.8) is 0 Å². The van der Waals surface area contributed by atoms with Crippen LogP contribution in [0.5, 0.6) is 0 Å². The number of furan rings is 1. The standard InChI is InChI=1S/C14H11ClN2O/c1-9-10(6-15)7-16-14(17-9)12-8-18-13-5-3-2-4-11(12)13/h2-5,7-8H,6H2,1H3. The molecule has 0 fully saturated rings. The van der Waals surface area contributed by atoms with Gasteiger partial charge in [-0.3, -0.25) is 0 Å². The maximum Gasteiger partial charge on any atom is 0.163 e. The molecule has 3 nitrogen and oxygen atoms in total. The number of rotatable bonds is 2. The zero-order chi connectivity index (χ0) is 12.5. The lowest BCUT2D eigenvalue weighted by Gasteiger charge is -2.02. The van der Waals surface area contributed by atoms with Crippen LogP contribution < -0.4 is 0 Å². The molecular formula is C14H11ClN2O. The fourth-order valence-corrected chi connectivity index (χ4v) is 2.17. The molecule has 1 aromatic carbocycles. The summed E-state index contributed by atoms with van der Waals surface area (Å²) in [5, 5.41) is 1.02. The summed E-state index contributed by atoms with van der Waals surface area (Å²) in [6.07, 6.45) is 3.46. The zero-order valence-corrected chi connectivity index (χ0v) is 10.6. The number of hydrogen-bond acceptors (Lipinski definition) is 3. The van der Waals surface area contributed by atoms with Gasteiger partial charge in [0.25, 0.3) is 0 Å². The van der Waals surface area contributed by atoms with E-state index in [9.17, 15) is 0 Å². The number of halogens is 1. The normalized spacial score (nSPS) is 11.0. The van der Waals surface area contributed by atoms with Gasteiger partial charge < -0.3 is 4.42 Å². The van der Waals surface area contributed by atoms with Crippen LogP contribution in [0.25, 0.3) is 22.4 Å². The average Bonchev–Trinajstić information content (AvgIpc) is 2.82. The second-order valence-electron chi connectivity index (χ2n) is 4.08. The molecule has 0 aliphatic carbocycles. The van der Waals surface area contributed by atoms with Gasteiger partial charge in [-0.05, 0) is 13.0 Å². The molecule has 0 radical (unpaired) electrons. The van der Waals surface area contributed by atoms with Gasteiger partial charge in [0.15, 0.2) is 5.82 Å². The van der Waals surface area contributed by atoms with E-state index >= 15 is 0 Å². The van der Waals surface area contributed by atoms with E-state index in [1.165, 1.54) is 0 Å². The Balaban J connectivity index is 2.17. The SMILES string of the molecule is Cc1nc(-c2coc3ccccc23)ncc1CCl. The van der Waals surface area contributed by atoms with Gasteiger partial charge in [-0.25, -0.2) is 9.97 Å². The van der Waals surface area contributed by atoms with Crippen molar-refractivity contribution in [1.82, 2.24) is 9.97 Å². The van der Waals surface area contributed by atoms with E-state index in [1.54, 1.807) is 12.5 Å². The molecule has 0 saturated heterocycles. The predicted octanol–water partition coefficient (Wildman–Crippen LogP) is 3.94. The summed E-state index contributed by atoms with van der Waals surface area (Å²) in [4.78, 5) is 8.83. The Labute approximate surface area is 109 Å². The second-order valence-corrected chi connectivity index (χ2v) is 4.35. The molecule has 3 rings (SSSR count). The van der Waals surface area contributed by atoms with Crippen molar-refractivity contribution >= 4 is 22.6 Å². The first-order valence-electron chi connectivity index (χ1n) is 5.64. The van der Waals surface area contributed by atoms with E-state index in [4.69, 9.17) is 16.0 Å². The van der Waals surface area contributed by atoms with Gasteiger partial charge in [0.2, 0.25) is 0 Å². The Hall–Kier alpha value is -1.87. The Morgan fingerprint density at radius 2 is 2.11 bits per heavy atom. The molecule has 90 valence electrons. The van der Waals surface area contributed by atoms with Crippen LogP contribution in [-0.2, 0) is 5.88 Å². The van der Waals surface area contributed by atoms with Crippen molar-refractivity contribution in [3.05, 3.63) is 48.0 Å². The van der Waals surface area contributed by atoms with Crippen LogP contribution in [0.3, 0.4) is 0 Å². The van der Waals surface area contributed by atoms with Crippen molar-refractivity contribution in [2.45, 2.75) is 12.8 Å². The first-order valence-corrected chi connectivity index (χ1v) is 6.18. The van der Waals surface area contributed by atoms with Gasteiger partial charge >= 0.3 is 0 Å². The minimum absolute atomic E-state index is 0.429. The van der Waals surface area contributed by atoms with E-state index in [-0.39, 0.29) is 0 Å². The highest BCUT2D eigenvalue weighted by Gasteiger charge is 2.11. The largest absolute Gasteiger partial charge is 0.464 e. The van der Waals surface area contributed by atoms with Crippen LogP contribution in [0.15, 0.2) is 41.1 Å². The fourth-order valence-electron chi connectivity index (χ4n) is 1.90. The summed E-state index contributed by atoms with van der Waals surface area (Å²) < 4.78 is 5.49. The highest BCUT2D eigenvalue weighted by Crippen LogP contribution is 2.28. The number of benzene rings is 1. The van der Waals surface area contributed by atoms with E-state index in [0.717, 1.165) is 27.8 Å². The van der Waals surface area contributed by atoms with Crippen LogP contribution in [0.1, 0.15) is 11.3 Å². The number of nitrogens with zero attached hydrogens (tertiary/aromatic N) is 2. The molecule has 0 bridgehead atoms. The molecule has 0 amide bonds. The molecule has 0 saturated carbocycles. The number of fused-ring (bicyclic) bond motifs is 1. The molecule has 0 aliphatic heterocycles. The highest BCUT2D eigenvalue weighted by atomic mass is 35.5. The minimum atomic E-state index is 0.429. The van der Waals surface area contributed by atoms with Crippen LogP contribution in [0.4, 0.5) is 0 Å². The molecule has 18 heavy (non-hydrogen) atoms. The summed E-state index contributed by atoms with van der Waals surface area (Å²) in [5.74, 6) is 1.10. The molecule has 4 heteroatoms. The summed E-state index contributed by atoms with van der Waals surface area (Å²) in [5.41, 5.74) is 3.61. The van der Waals surface area contributed by atoms with Gasteiger partial charge in [-0.2, -0.15) is 0 Å². The zero-order valence-electron chi connectivity index (χ0n) is 9.85. The summed E-state index contributed by atoms with van der Waals surface area (Å²) >= 11 is 5.81. The third kappa shape index (κ3) is 1.77. The van der Waals surface area contributed by atoms with Crippen molar-refractivity contribution in [2.24, 2.45) is 0 Å². The summed E-state index contributed by atoms with van der Waals surface area (Å²) in [6.45, 7) is 1.94. The third-order valence-corrected chi connectivity index (χ3v) is 3.23. The van der Waals surface area contributed by atoms with Crippen molar-refractivity contribution in [3.8, 4) is 11.4 Å². The quantitative estimate of drug-likeness (QED) is 0.654. The van der Waals surface area contributed by atoms with E-state index in [0.29, 0.717) is 11.7 Å². The minimum Gasteiger partial charge on any atom is -0.464 e. The lowest BCUT2D eigenvalue weighted by atomic mass is 10.1. The molecule has 2 aromatic heterocycles. The van der Waals surface area contributed by atoms with Crippen LogP contribution in [-0.4, -0.2) is 9.97 Å². The number of aryl methyl sites for hydroxylation is 1. The smallest absolute Gasteiger partial charge is 0.163 e. The number of alkyl halides is 1. The maximum absolute atomic E-state index is 5.81. The maximum atomic E-state index is 5.81. The molecule has 0 spiro atoms. The molecule has 0 N–H and O–H groups in total. The van der Waals surface area contributed by atoms with Gasteiger partial charge in [0, 0.05) is 22.8 Å². The molecule has 2 heterocycles. The second kappa shape index (κ2) is 4.42. The van der Waals surface area contributed by atoms with Crippen molar-refractivity contribution in [1.29, 1.82) is 0 Å². The van der Waals surface area contributed by atoms with Crippen LogP contribution in [0, 0.1) is 6.92 Å². The van der Waals surface area contributed by atoms with Crippen molar-refractivity contribution < 1.29 is 4.42 Å². The summed E-state index contributed by atoms with van der Waals surface area (Å²) in [7, 11) is 0. The third-order valence-electron chi connectivity index (χ3n) is 2.95. The predicted molar refractivity (Wildman–Crippen MR) is 71.5 cm³/mol. The highest BCUT2D eigenvalue weighted by molar-refractivity contribution is 6.17.